The number of piperidine rings is 1. The summed E-state index contributed by atoms with van der Waals surface area (Å²) in [7, 11) is 0. The number of rotatable bonds is 5. The van der Waals surface area contributed by atoms with Gasteiger partial charge in [0.2, 0.25) is 0 Å². The smallest absolute Gasteiger partial charge is 0.0107 e. The minimum atomic E-state index is 0. The van der Waals surface area contributed by atoms with Crippen LogP contribution in [-0.4, -0.2) is 37.6 Å². The van der Waals surface area contributed by atoms with Crippen LogP contribution in [0, 0.1) is 5.92 Å². The Morgan fingerprint density at radius 3 is 2.11 bits per heavy atom. The molecule has 1 saturated heterocycles. The number of nitrogens with one attached hydrogen (secondary N) is 1. The summed E-state index contributed by atoms with van der Waals surface area (Å²) in [5.74, 6) is 0.982. The monoisotopic (exact) mass is 296 g/mol. The van der Waals surface area contributed by atoms with Gasteiger partial charge in [-0.15, -0.1) is 24.8 Å². The van der Waals surface area contributed by atoms with Gasteiger partial charge in [-0.2, -0.15) is 0 Å². The number of likely N-dealkylation sites (tertiary alicyclic amines) is 1. The topological polar surface area (TPSA) is 15.3 Å². The van der Waals surface area contributed by atoms with Crippen LogP contribution in [0.2, 0.25) is 0 Å². The summed E-state index contributed by atoms with van der Waals surface area (Å²) in [5.41, 5.74) is 0. The van der Waals surface area contributed by atoms with E-state index in [4.69, 9.17) is 0 Å². The van der Waals surface area contributed by atoms with Crippen molar-refractivity contribution in [1.29, 1.82) is 0 Å². The van der Waals surface area contributed by atoms with Gasteiger partial charge in [-0.1, -0.05) is 25.7 Å². The Balaban J connectivity index is 0.00000144. The summed E-state index contributed by atoms with van der Waals surface area (Å²) >= 11 is 0. The maximum Gasteiger partial charge on any atom is 0.0107 e. The summed E-state index contributed by atoms with van der Waals surface area (Å²) in [6, 6.07) is 0. The molecule has 1 saturated carbocycles. The van der Waals surface area contributed by atoms with Crippen LogP contribution < -0.4 is 5.32 Å². The SMILES string of the molecule is C1CCC(CNCCN2CCCCC2)CC1.Cl.Cl. The van der Waals surface area contributed by atoms with E-state index >= 15 is 0 Å². The average Bonchev–Trinajstić information content (AvgIpc) is 2.37. The van der Waals surface area contributed by atoms with Crippen molar-refractivity contribution in [2.45, 2.75) is 51.4 Å². The molecule has 0 unspecified atom stereocenters. The van der Waals surface area contributed by atoms with E-state index in [-0.39, 0.29) is 24.8 Å². The zero-order chi connectivity index (χ0) is 11.1. The van der Waals surface area contributed by atoms with Crippen molar-refractivity contribution in [2.75, 3.05) is 32.7 Å². The molecule has 110 valence electrons. The number of nitrogens with zero attached hydrogens (tertiary/aromatic N) is 1. The predicted octanol–water partition coefficient (Wildman–Crippen LogP) is 3.49. The van der Waals surface area contributed by atoms with E-state index in [1.807, 2.05) is 0 Å². The van der Waals surface area contributed by atoms with E-state index in [9.17, 15) is 0 Å². The molecule has 0 bridgehead atoms. The van der Waals surface area contributed by atoms with Gasteiger partial charge in [0.05, 0.1) is 0 Å². The van der Waals surface area contributed by atoms with Crippen LogP contribution >= 0.6 is 24.8 Å². The highest BCUT2D eigenvalue weighted by Gasteiger charge is 2.13. The third-order valence-corrected chi connectivity index (χ3v) is 4.21. The summed E-state index contributed by atoms with van der Waals surface area (Å²) in [5, 5.41) is 3.66. The fourth-order valence-electron chi connectivity index (χ4n) is 3.12. The zero-order valence-electron chi connectivity index (χ0n) is 11.5. The molecule has 0 aromatic rings. The van der Waals surface area contributed by atoms with Crippen molar-refractivity contribution in [3.05, 3.63) is 0 Å². The third kappa shape index (κ3) is 7.18. The molecule has 0 aromatic carbocycles. The van der Waals surface area contributed by atoms with Gasteiger partial charge in [0.25, 0.3) is 0 Å². The molecule has 2 fully saturated rings. The second kappa shape index (κ2) is 11.3. The highest BCUT2D eigenvalue weighted by atomic mass is 35.5. The normalized spacial score (nSPS) is 22.0. The van der Waals surface area contributed by atoms with E-state index in [0.29, 0.717) is 0 Å². The van der Waals surface area contributed by atoms with Gasteiger partial charge < -0.3 is 10.2 Å². The Kier molecular flexibility index (Phi) is 11.7. The fourth-order valence-corrected chi connectivity index (χ4v) is 3.12. The van der Waals surface area contributed by atoms with Gasteiger partial charge in [0.15, 0.2) is 0 Å². The van der Waals surface area contributed by atoms with Gasteiger partial charge >= 0.3 is 0 Å². The fraction of sp³-hybridized carbons (Fsp3) is 1.00. The average molecular weight is 297 g/mol. The molecule has 1 aliphatic heterocycles. The molecule has 1 heterocycles. The zero-order valence-corrected chi connectivity index (χ0v) is 13.2. The van der Waals surface area contributed by atoms with E-state index in [1.165, 1.54) is 84.1 Å². The first-order chi connectivity index (χ1) is 7.95. The van der Waals surface area contributed by atoms with Crippen LogP contribution in [0.3, 0.4) is 0 Å². The highest BCUT2D eigenvalue weighted by molar-refractivity contribution is 5.85. The van der Waals surface area contributed by atoms with Crippen LogP contribution in [0.25, 0.3) is 0 Å². The Morgan fingerprint density at radius 1 is 0.833 bits per heavy atom. The van der Waals surface area contributed by atoms with Crippen LogP contribution in [0.15, 0.2) is 0 Å². The molecule has 0 amide bonds. The van der Waals surface area contributed by atoms with Crippen LogP contribution in [0.1, 0.15) is 51.4 Å². The lowest BCUT2D eigenvalue weighted by atomic mass is 9.89. The largest absolute Gasteiger partial charge is 0.315 e. The third-order valence-electron chi connectivity index (χ3n) is 4.21. The summed E-state index contributed by atoms with van der Waals surface area (Å²) in [6.07, 6.45) is 11.6. The quantitative estimate of drug-likeness (QED) is 0.782. The second-order valence-corrected chi connectivity index (χ2v) is 5.61. The number of hydrogen-bond donors (Lipinski definition) is 1. The lowest BCUT2D eigenvalue weighted by molar-refractivity contribution is 0.226. The van der Waals surface area contributed by atoms with E-state index < -0.39 is 0 Å². The van der Waals surface area contributed by atoms with Crippen molar-refractivity contribution in [1.82, 2.24) is 10.2 Å². The summed E-state index contributed by atoms with van der Waals surface area (Å²) < 4.78 is 0. The Bertz CT molecular complexity index is 159. The van der Waals surface area contributed by atoms with E-state index in [2.05, 4.69) is 10.2 Å². The minimum absolute atomic E-state index is 0. The van der Waals surface area contributed by atoms with Crippen molar-refractivity contribution < 1.29 is 0 Å². The Morgan fingerprint density at radius 2 is 1.44 bits per heavy atom. The molecule has 0 atom stereocenters. The second-order valence-electron chi connectivity index (χ2n) is 5.61. The molecule has 2 nitrogen and oxygen atoms in total. The van der Waals surface area contributed by atoms with Crippen molar-refractivity contribution in [3.63, 3.8) is 0 Å². The van der Waals surface area contributed by atoms with Gasteiger partial charge in [0.1, 0.15) is 0 Å². The molecule has 0 aromatic heterocycles. The van der Waals surface area contributed by atoms with Gasteiger partial charge in [-0.3, -0.25) is 0 Å². The molecule has 1 aliphatic carbocycles. The maximum atomic E-state index is 3.66. The van der Waals surface area contributed by atoms with Crippen molar-refractivity contribution >= 4 is 24.8 Å². The van der Waals surface area contributed by atoms with E-state index in [1.54, 1.807) is 0 Å². The molecule has 1 N–H and O–H groups in total. The van der Waals surface area contributed by atoms with Crippen LogP contribution in [0.5, 0.6) is 0 Å². The summed E-state index contributed by atoms with van der Waals surface area (Å²) in [4.78, 5) is 2.62. The highest BCUT2D eigenvalue weighted by Crippen LogP contribution is 2.22. The number of hydrogen-bond acceptors (Lipinski definition) is 2. The summed E-state index contributed by atoms with van der Waals surface area (Å²) in [6.45, 7) is 6.42. The molecule has 0 radical (unpaired) electrons. The first kappa shape index (κ1) is 18.5. The predicted molar refractivity (Wildman–Crippen MR) is 84.2 cm³/mol. The minimum Gasteiger partial charge on any atom is -0.315 e. The van der Waals surface area contributed by atoms with Crippen molar-refractivity contribution in [3.8, 4) is 0 Å². The van der Waals surface area contributed by atoms with Crippen LogP contribution in [0.4, 0.5) is 0 Å². The Labute approximate surface area is 125 Å². The van der Waals surface area contributed by atoms with Gasteiger partial charge in [-0.25, -0.2) is 0 Å². The number of halogens is 2. The molecule has 0 spiro atoms. The Hall–Kier alpha value is 0.500. The molecule has 2 aliphatic rings. The molecular weight excluding hydrogens is 267 g/mol. The molecule has 4 heteroatoms. The molecular formula is C14H30Cl2N2. The van der Waals surface area contributed by atoms with Gasteiger partial charge in [-0.05, 0) is 51.2 Å². The molecule has 18 heavy (non-hydrogen) atoms. The molecule has 2 rings (SSSR count). The maximum absolute atomic E-state index is 3.66. The van der Waals surface area contributed by atoms with E-state index in [0.717, 1.165) is 5.92 Å². The lowest BCUT2D eigenvalue weighted by Crippen LogP contribution is -2.37. The lowest BCUT2D eigenvalue weighted by Gasteiger charge is -2.27. The first-order valence-electron chi connectivity index (χ1n) is 7.38. The van der Waals surface area contributed by atoms with Crippen LogP contribution in [-0.2, 0) is 0 Å². The van der Waals surface area contributed by atoms with Crippen molar-refractivity contribution in [2.24, 2.45) is 5.92 Å². The first-order valence-corrected chi connectivity index (χ1v) is 7.38. The standard InChI is InChI=1S/C14H28N2.2ClH/c1-3-7-14(8-4-1)13-15-9-12-16-10-5-2-6-11-16;;/h14-15H,1-13H2;2*1H. The van der Waals surface area contributed by atoms with Gasteiger partial charge in [0, 0.05) is 13.1 Å².